The number of nitrogens with one attached hydrogen (secondary N) is 2. The minimum atomic E-state index is -0.544. The van der Waals surface area contributed by atoms with Crippen LogP contribution in [-0.4, -0.2) is 24.2 Å². The first-order valence-electron chi connectivity index (χ1n) is 8.04. The van der Waals surface area contributed by atoms with E-state index in [1.165, 1.54) is 5.56 Å². The Morgan fingerprint density at radius 2 is 2.08 bits per heavy atom. The lowest BCUT2D eigenvalue weighted by Crippen LogP contribution is -2.47. The number of carbonyl (C=O) groups is 1. The molecule has 2 aromatic carbocycles. The number of anilines is 1. The molecule has 0 aliphatic heterocycles. The van der Waals surface area contributed by atoms with Crippen LogP contribution >= 0.6 is 11.6 Å². The minimum Gasteiger partial charge on any atom is -0.394 e. The Morgan fingerprint density at radius 3 is 2.88 bits per heavy atom. The standard InChI is InChI=1S/C19H21ClN2O2/c1-13-6-7-15(20)10-17(13)22-18(24)11-21-19(12-23)9-8-14-4-2-3-5-16(14)19/h2-7,10,21,23H,8-9,11-12H2,1H3,(H,22,24). The Balaban J connectivity index is 1.69. The molecule has 0 fully saturated rings. The molecule has 2 aromatic rings. The molecule has 1 aliphatic carbocycles. The predicted octanol–water partition coefficient (Wildman–Crippen LogP) is 3.01. The molecule has 1 aliphatic rings. The number of aryl methyl sites for hydroxylation is 2. The van der Waals surface area contributed by atoms with Crippen molar-refractivity contribution in [1.82, 2.24) is 5.32 Å². The van der Waals surface area contributed by atoms with Crippen molar-refractivity contribution in [2.45, 2.75) is 25.3 Å². The van der Waals surface area contributed by atoms with Crippen LogP contribution in [0.5, 0.6) is 0 Å². The highest BCUT2D eigenvalue weighted by Gasteiger charge is 2.37. The topological polar surface area (TPSA) is 61.4 Å². The first-order valence-corrected chi connectivity index (χ1v) is 8.42. The number of carbonyl (C=O) groups excluding carboxylic acids is 1. The number of amides is 1. The van der Waals surface area contributed by atoms with Gasteiger partial charge in [0.25, 0.3) is 0 Å². The van der Waals surface area contributed by atoms with E-state index >= 15 is 0 Å². The zero-order valence-electron chi connectivity index (χ0n) is 13.6. The lowest BCUT2D eigenvalue weighted by molar-refractivity contribution is -0.115. The molecule has 1 amide bonds. The van der Waals surface area contributed by atoms with Gasteiger partial charge in [-0.05, 0) is 48.6 Å². The van der Waals surface area contributed by atoms with Crippen molar-refractivity contribution in [3.05, 3.63) is 64.2 Å². The van der Waals surface area contributed by atoms with Crippen molar-refractivity contribution in [2.75, 3.05) is 18.5 Å². The van der Waals surface area contributed by atoms with Crippen molar-refractivity contribution >= 4 is 23.2 Å². The molecule has 1 atom stereocenters. The van der Waals surface area contributed by atoms with Gasteiger partial charge in [0.15, 0.2) is 0 Å². The Labute approximate surface area is 146 Å². The molecule has 1 unspecified atom stereocenters. The fourth-order valence-electron chi connectivity index (χ4n) is 3.26. The summed E-state index contributed by atoms with van der Waals surface area (Å²) < 4.78 is 0. The number of benzene rings is 2. The zero-order valence-corrected chi connectivity index (χ0v) is 14.4. The Morgan fingerprint density at radius 1 is 1.29 bits per heavy atom. The van der Waals surface area contributed by atoms with Gasteiger partial charge in [-0.2, -0.15) is 0 Å². The Hall–Kier alpha value is -1.88. The van der Waals surface area contributed by atoms with E-state index in [1.807, 2.05) is 31.2 Å². The van der Waals surface area contributed by atoms with E-state index in [1.54, 1.807) is 12.1 Å². The van der Waals surface area contributed by atoms with Crippen LogP contribution in [0.4, 0.5) is 5.69 Å². The third kappa shape index (κ3) is 3.31. The van der Waals surface area contributed by atoms with Crippen molar-refractivity contribution < 1.29 is 9.90 Å². The number of aliphatic hydroxyl groups is 1. The van der Waals surface area contributed by atoms with Crippen molar-refractivity contribution in [2.24, 2.45) is 0 Å². The zero-order chi connectivity index (χ0) is 17.2. The largest absolute Gasteiger partial charge is 0.394 e. The second-order valence-electron chi connectivity index (χ2n) is 6.26. The number of rotatable bonds is 5. The molecule has 0 radical (unpaired) electrons. The molecule has 0 heterocycles. The van der Waals surface area contributed by atoms with Crippen LogP contribution in [0, 0.1) is 6.92 Å². The molecule has 0 saturated heterocycles. The van der Waals surface area contributed by atoms with Gasteiger partial charge in [-0.15, -0.1) is 0 Å². The van der Waals surface area contributed by atoms with Crippen LogP contribution in [0.25, 0.3) is 0 Å². The predicted molar refractivity (Wildman–Crippen MR) is 96.3 cm³/mol. The molecule has 0 saturated carbocycles. The van der Waals surface area contributed by atoms with Crippen LogP contribution in [0.3, 0.4) is 0 Å². The van der Waals surface area contributed by atoms with E-state index in [-0.39, 0.29) is 19.1 Å². The van der Waals surface area contributed by atoms with Gasteiger partial charge in [-0.3, -0.25) is 10.1 Å². The molecule has 126 valence electrons. The molecule has 3 rings (SSSR count). The summed E-state index contributed by atoms with van der Waals surface area (Å²) in [6, 6.07) is 13.5. The summed E-state index contributed by atoms with van der Waals surface area (Å²) in [7, 11) is 0. The third-order valence-corrected chi connectivity index (χ3v) is 4.92. The highest BCUT2D eigenvalue weighted by Crippen LogP contribution is 2.36. The van der Waals surface area contributed by atoms with E-state index in [2.05, 4.69) is 16.7 Å². The van der Waals surface area contributed by atoms with E-state index < -0.39 is 5.54 Å². The highest BCUT2D eigenvalue weighted by atomic mass is 35.5. The second kappa shape index (κ2) is 6.93. The van der Waals surface area contributed by atoms with E-state index in [0.717, 1.165) is 24.0 Å². The Bertz CT molecular complexity index is 763. The van der Waals surface area contributed by atoms with Crippen molar-refractivity contribution in [1.29, 1.82) is 0 Å². The summed E-state index contributed by atoms with van der Waals surface area (Å²) in [6.45, 7) is 2.01. The van der Waals surface area contributed by atoms with Gasteiger partial charge >= 0.3 is 0 Å². The molecule has 24 heavy (non-hydrogen) atoms. The average Bonchev–Trinajstić information content (AvgIpc) is 2.96. The summed E-state index contributed by atoms with van der Waals surface area (Å²) >= 11 is 5.98. The molecule has 0 spiro atoms. The maximum atomic E-state index is 12.3. The summed E-state index contributed by atoms with van der Waals surface area (Å²) in [5.74, 6) is -0.155. The lowest BCUT2D eigenvalue weighted by atomic mass is 9.92. The fourth-order valence-corrected chi connectivity index (χ4v) is 3.44. The normalized spacial score (nSPS) is 19.1. The summed E-state index contributed by atoms with van der Waals surface area (Å²) in [4.78, 5) is 12.3. The number of halogens is 1. The van der Waals surface area contributed by atoms with Crippen LogP contribution < -0.4 is 10.6 Å². The molecular formula is C19H21ClN2O2. The second-order valence-corrected chi connectivity index (χ2v) is 6.69. The monoisotopic (exact) mass is 344 g/mol. The summed E-state index contributed by atoms with van der Waals surface area (Å²) in [5, 5.41) is 16.7. The summed E-state index contributed by atoms with van der Waals surface area (Å²) in [5.41, 5.74) is 3.43. The Kier molecular flexibility index (Phi) is 4.90. The average molecular weight is 345 g/mol. The molecule has 5 heteroatoms. The van der Waals surface area contributed by atoms with Crippen molar-refractivity contribution in [3.63, 3.8) is 0 Å². The van der Waals surface area contributed by atoms with Gasteiger partial charge in [-0.25, -0.2) is 0 Å². The number of fused-ring (bicyclic) bond motifs is 1. The molecule has 0 bridgehead atoms. The smallest absolute Gasteiger partial charge is 0.238 e. The first kappa shape index (κ1) is 17.0. The number of hydrogen-bond acceptors (Lipinski definition) is 3. The number of aliphatic hydroxyl groups excluding tert-OH is 1. The van der Waals surface area contributed by atoms with Crippen molar-refractivity contribution in [3.8, 4) is 0 Å². The lowest BCUT2D eigenvalue weighted by Gasteiger charge is -2.29. The van der Waals surface area contributed by atoms with Crippen LogP contribution in [-0.2, 0) is 16.8 Å². The first-order chi connectivity index (χ1) is 11.5. The maximum Gasteiger partial charge on any atom is 0.238 e. The highest BCUT2D eigenvalue weighted by molar-refractivity contribution is 6.31. The van der Waals surface area contributed by atoms with Gasteiger partial charge in [0.05, 0.1) is 18.7 Å². The molecule has 4 nitrogen and oxygen atoms in total. The third-order valence-electron chi connectivity index (χ3n) is 4.69. The van der Waals surface area contributed by atoms with Gasteiger partial charge < -0.3 is 10.4 Å². The number of hydrogen-bond donors (Lipinski definition) is 3. The van der Waals surface area contributed by atoms with Gasteiger partial charge in [0.1, 0.15) is 0 Å². The van der Waals surface area contributed by atoms with E-state index in [4.69, 9.17) is 11.6 Å². The van der Waals surface area contributed by atoms with Crippen LogP contribution in [0.1, 0.15) is 23.1 Å². The molecule has 3 N–H and O–H groups in total. The fraction of sp³-hybridized carbons (Fsp3) is 0.316. The van der Waals surface area contributed by atoms with Crippen LogP contribution in [0.2, 0.25) is 5.02 Å². The van der Waals surface area contributed by atoms with Gasteiger partial charge in [0, 0.05) is 10.7 Å². The summed E-state index contributed by atoms with van der Waals surface area (Å²) in [6.07, 6.45) is 1.69. The maximum absolute atomic E-state index is 12.3. The van der Waals surface area contributed by atoms with Gasteiger partial charge in [0.2, 0.25) is 5.91 Å². The quantitative estimate of drug-likeness (QED) is 0.781. The van der Waals surface area contributed by atoms with E-state index in [0.29, 0.717) is 10.7 Å². The molecule has 0 aromatic heterocycles. The van der Waals surface area contributed by atoms with Gasteiger partial charge in [-0.1, -0.05) is 41.9 Å². The minimum absolute atomic E-state index is 0.0342. The molecular weight excluding hydrogens is 324 g/mol. The van der Waals surface area contributed by atoms with E-state index in [9.17, 15) is 9.90 Å². The van der Waals surface area contributed by atoms with Crippen LogP contribution in [0.15, 0.2) is 42.5 Å². The SMILES string of the molecule is Cc1ccc(Cl)cc1NC(=O)CNC1(CO)CCc2ccccc21.